The molecule has 10 atom stereocenters. The van der Waals surface area contributed by atoms with Gasteiger partial charge in [-0.25, -0.2) is 8.42 Å². The summed E-state index contributed by atoms with van der Waals surface area (Å²) in [5.41, 5.74) is 2.04. The van der Waals surface area contributed by atoms with Crippen LogP contribution in [0.3, 0.4) is 0 Å². The third kappa shape index (κ3) is 12.8. The fourth-order valence-corrected chi connectivity index (χ4v) is 16.7. The number of esters is 2. The number of sulfone groups is 1. The third-order valence-corrected chi connectivity index (χ3v) is 20.5. The van der Waals surface area contributed by atoms with E-state index in [9.17, 15) is 18.0 Å². The number of ether oxygens (including phenoxy) is 6. The Morgan fingerprint density at radius 3 is 1.98 bits per heavy atom. The van der Waals surface area contributed by atoms with Crippen LogP contribution >= 0.6 is 0 Å². The molecule has 11 nitrogen and oxygen atoms in total. The zero-order chi connectivity index (χ0) is 47.6. The number of hydrogen-bond donors (Lipinski definition) is 0. The first kappa shape index (κ1) is 51.4. The van der Waals surface area contributed by atoms with Gasteiger partial charge in [0.15, 0.2) is 9.84 Å². The summed E-state index contributed by atoms with van der Waals surface area (Å²) < 4.78 is 72.0. The van der Waals surface area contributed by atoms with Gasteiger partial charge in [0.1, 0.15) is 12.7 Å². The van der Waals surface area contributed by atoms with Crippen molar-refractivity contribution in [2.75, 3.05) is 26.1 Å². The Kier molecular flexibility index (Phi) is 17.8. The molecule has 3 aromatic rings. The van der Waals surface area contributed by atoms with E-state index in [1.807, 2.05) is 0 Å². The number of methoxy groups -OCH3 is 1. The van der Waals surface area contributed by atoms with E-state index in [4.69, 9.17) is 32.8 Å². The van der Waals surface area contributed by atoms with Crippen molar-refractivity contribution >= 4 is 40.5 Å². The lowest BCUT2D eigenvalue weighted by Crippen LogP contribution is -2.66. The molecule has 3 aliphatic rings. The minimum absolute atomic E-state index is 0.0683. The number of rotatable bonds is 21. The molecule has 3 fully saturated rings. The lowest BCUT2D eigenvalue weighted by Gasteiger charge is -2.43. The highest BCUT2D eigenvalue weighted by molar-refractivity contribution is 7.91. The number of carbonyl (C=O) groups is 2. The summed E-state index contributed by atoms with van der Waals surface area (Å²) in [5.74, 6) is -1.72. The Hall–Kier alpha value is -3.95. The van der Waals surface area contributed by atoms with Crippen LogP contribution in [0.1, 0.15) is 92.9 Å². The topological polar surface area (TPSA) is 133 Å². The van der Waals surface area contributed by atoms with E-state index < -0.39 is 66.5 Å². The van der Waals surface area contributed by atoms with Gasteiger partial charge in [-0.15, -0.1) is 0 Å². The second kappa shape index (κ2) is 22.9. The first-order chi connectivity index (χ1) is 31.4. The monoisotopic (exact) mass is 944 g/mol. The molecule has 3 aromatic carbocycles. The minimum atomic E-state index is -3.76. The summed E-state index contributed by atoms with van der Waals surface area (Å²) >= 11 is 0. The average molecular weight is 945 g/mol. The molecule has 0 unspecified atom stereocenters. The van der Waals surface area contributed by atoms with E-state index in [0.717, 1.165) is 49.7 Å². The lowest BCUT2D eigenvalue weighted by atomic mass is 9.83. The molecule has 0 radical (unpaired) electrons. The fourth-order valence-electron chi connectivity index (χ4n) is 10.4. The van der Waals surface area contributed by atoms with Crippen LogP contribution in [0.4, 0.5) is 0 Å². The Morgan fingerprint density at radius 1 is 0.803 bits per heavy atom. The van der Waals surface area contributed by atoms with Crippen molar-refractivity contribution in [3.63, 3.8) is 0 Å². The van der Waals surface area contributed by atoms with Gasteiger partial charge >= 0.3 is 11.9 Å². The normalized spacial score (nSPS) is 26.6. The molecule has 6 rings (SSSR count). The minimum Gasteiger partial charge on any atom is -0.462 e. The van der Waals surface area contributed by atoms with E-state index in [-0.39, 0.29) is 52.9 Å². The number of benzene rings is 3. The zero-order valence-electron chi connectivity index (χ0n) is 40.0. The van der Waals surface area contributed by atoms with Crippen LogP contribution in [0.15, 0.2) is 120 Å². The highest BCUT2D eigenvalue weighted by atomic mass is 32.2. The second-order valence-corrected chi connectivity index (χ2v) is 25.8. The van der Waals surface area contributed by atoms with Crippen LogP contribution in [0, 0.1) is 11.8 Å². The summed E-state index contributed by atoms with van der Waals surface area (Å²) in [6.45, 7) is 21.0. The molecule has 3 saturated heterocycles. The van der Waals surface area contributed by atoms with Crippen molar-refractivity contribution < 1.29 is 50.9 Å². The van der Waals surface area contributed by atoms with Crippen LogP contribution in [-0.4, -0.2) is 104 Å². The summed E-state index contributed by atoms with van der Waals surface area (Å²) in [5, 5.41) is 2.46. The Morgan fingerprint density at radius 2 is 1.41 bits per heavy atom. The lowest BCUT2D eigenvalue weighted by molar-refractivity contribution is -0.159. The molecule has 3 heterocycles. The number of carbonyl (C=O) groups excluding carboxylic acids is 2. The molecular weight excluding hydrogens is 873 g/mol. The van der Waals surface area contributed by atoms with Gasteiger partial charge in [-0.05, 0) is 83.1 Å². The maximum atomic E-state index is 13.9. The van der Waals surface area contributed by atoms with Crippen molar-refractivity contribution in [3.05, 3.63) is 115 Å². The largest absolute Gasteiger partial charge is 0.462 e. The molecule has 66 heavy (non-hydrogen) atoms. The average Bonchev–Trinajstić information content (AvgIpc) is 3.80. The molecule has 13 heteroatoms. The van der Waals surface area contributed by atoms with E-state index in [2.05, 4.69) is 102 Å². The van der Waals surface area contributed by atoms with Crippen molar-refractivity contribution in [1.82, 2.24) is 0 Å². The molecule has 360 valence electrons. The third-order valence-electron chi connectivity index (χ3n) is 13.6. The first-order valence-electron chi connectivity index (χ1n) is 23.6. The number of hydrogen-bond acceptors (Lipinski definition) is 11. The molecule has 0 bridgehead atoms. The second-order valence-electron chi connectivity index (χ2n) is 19.5. The van der Waals surface area contributed by atoms with Gasteiger partial charge in [0.2, 0.25) is 0 Å². The van der Waals surface area contributed by atoms with Crippen molar-refractivity contribution in [3.8, 4) is 0 Å². The molecular formula is C53H72O11SSi. The van der Waals surface area contributed by atoms with E-state index in [1.165, 1.54) is 31.3 Å². The van der Waals surface area contributed by atoms with Gasteiger partial charge < -0.3 is 32.8 Å². The van der Waals surface area contributed by atoms with Gasteiger partial charge in [0.05, 0.1) is 53.4 Å². The summed E-state index contributed by atoms with van der Waals surface area (Å²) in [4.78, 5) is 24.0. The van der Waals surface area contributed by atoms with Gasteiger partial charge in [-0.3, -0.25) is 9.59 Å². The summed E-state index contributed by atoms with van der Waals surface area (Å²) in [6, 6.07) is 29.8. The van der Waals surface area contributed by atoms with Gasteiger partial charge in [0, 0.05) is 46.3 Å². The van der Waals surface area contributed by atoms with E-state index >= 15 is 0 Å². The maximum absolute atomic E-state index is 13.9. The van der Waals surface area contributed by atoms with Crippen molar-refractivity contribution in [2.24, 2.45) is 11.8 Å². The highest BCUT2D eigenvalue weighted by Gasteiger charge is 2.51. The fraction of sp³-hybridized carbons (Fsp3) is 0.547. The van der Waals surface area contributed by atoms with Gasteiger partial charge in [-0.1, -0.05) is 120 Å². The van der Waals surface area contributed by atoms with Crippen LogP contribution < -0.4 is 10.4 Å². The predicted octanol–water partition coefficient (Wildman–Crippen LogP) is 8.33. The summed E-state index contributed by atoms with van der Waals surface area (Å²) in [7, 11) is -4.86. The Bertz CT molecular complexity index is 2140. The van der Waals surface area contributed by atoms with Crippen molar-refractivity contribution in [2.45, 2.75) is 152 Å². The maximum Gasteiger partial charge on any atom is 0.303 e. The van der Waals surface area contributed by atoms with Crippen LogP contribution in [0.5, 0.6) is 0 Å². The van der Waals surface area contributed by atoms with E-state index in [0.29, 0.717) is 13.0 Å². The Balaban J connectivity index is 1.09. The zero-order valence-corrected chi connectivity index (χ0v) is 41.8. The Labute approximate surface area is 394 Å². The molecule has 0 saturated carbocycles. The van der Waals surface area contributed by atoms with Crippen LogP contribution in [0.2, 0.25) is 5.04 Å². The van der Waals surface area contributed by atoms with Crippen LogP contribution in [-0.2, 0) is 52.3 Å². The smallest absolute Gasteiger partial charge is 0.303 e. The summed E-state index contributed by atoms with van der Waals surface area (Å²) in [6.07, 6.45) is 2.18. The highest BCUT2D eigenvalue weighted by Crippen LogP contribution is 2.42. The molecule has 0 spiro atoms. The first-order valence-corrected chi connectivity index (χ1v) is 27.2. The van der Waals surface area contributed by atoms with Gasteiger partial charge in [-0.2, -0.15) is 0 Å². The van der Waals surface area contributed by atoms with E-state index in [1.54, 1.807) is 30.3 Å². The molecule has 0 aromatic heterocycles. The van der Waals surface area contributed by atoms with Crippen molar-refractivity contribution in [1.29, 1.82) is 0 Å². The molecule has 0 amide bonds. The standard InChI is InChI=1S/C53H72O11SSi/c1-36-30-42(27-28-48-37(2)31-41(62-48)20-19-29-60-66(53(6,7)8,45-23-15-11-16-24-45)46-25-17-12-18-26-46)63-49(38(36)3)33-50-47(35-65(56,57)44-21-13-10-14-22-44)52(58-9)51(64-50)32-43(61-40(5)55)34-59-39(4)54/h10-18,21-26,36,41-43,47-52H,2-3,19-20,27-35H2,1,4-9H3/t36-,41+,42+,43+,47+,48+,49-,50+,51-,52-/m1/s1. The SMILES string of the molecule is C=C1C[C@H](CCCO[Si](c2ccccc2)(c2ccccc2)C(C)(C)C)O[C@H]1CC[C@H]1C[C@@H](C)C(=C)[C@@H](C[C@@H]2O[C@H](C[C@@H](COC(C)=O)OC(C)=O)[C@H](OC)[C@H]2CS(=O)(=O)c2ccccc2)O1. The molecule has 0 aliphatic carbocycles. The quantitative estimate of drug-likeness (QED) is 0.0442. The predicted molar refractivity (Wildman–Crippen MR) is 259 cm³/mol. The van der Waals surface area contributed by atoms with Crippen LogP contribution in [0.25, 0.3) is 0 Å². The molecule has 3 aliphatic heterocycles. The van der Waals surface area contributed by atoms with Gasteiger partial charge in [0.25, 0.3) is 8.32 Å². The molecule has 0 N–H and O–H groups in total.